The number of aliphatic hydroxyl groups is 1. The number of aliphatic hydroxyl groups excluding tert-OH is 1. The molecule has 21 heavy (non-hydrogen) atoms. The molecule has 114 valence electrons. The summed E-state index contributed by atoms with van der Waals surface area (Å²) in [5.41, 5.74) is 0.470. The molecule has 2 atom stereocenters. The van der Waals surface area contributed by atoms with Crippen LogP contribution in [0.2, 0.25) is 0 Å². The van der Waals surface area contributed by atoms with Crippen LogP contribution < -0.4 is 5.32 Å². The average molecular weight is 309 g/mol. The molecule has 5 nitrogen and oxygen atoms in total. The van der Waals surface area contributed by atoms with E-state index < -0.39 is 24.0 Å². The molecule has 0 heterocycles. The number of hydrogen-bond acceptors (Lipinski definition) is 5. The third-order valence-electron chi connectivity index (χ3n) is 2.69. The van der Waals surface area contributed by atoms with Crippen LogP contribution in [0.15, 0.2) is 43.0 Å². The van der Waals surface area contributed by atoms with Crippen LogP contribution >= 0.6 is 11.8 Å². The molecule has 0 bridgehead atoms. The van der Waals surface area contributed by atoms with Crippen LogP contribution in [0.4, 0.5) is 0 Å². The second-order valence-corrected chi connectivity index (χ2v) is 5.30. The van der Waals surface area contributed by atoms with E-state index in [4.69, 9.17) is 0 Å². The fourth-order valence-electron chi connectivity index (χ4n) is 1.62. The van der Waals surface area contributed by atoms with E-state index in [1.807, 2.05) is 0 Å². The largest absolute Gasteiger partial charge is 0.467 e. The van der Waals surface area contributed by atoms with Gasteiger partial charge in [0.15, 0.2) is 6.10 Å². The van der Waals surface area contributed by atoms with Gasteiger partial charge in [0.05, 0.1) is 7.11 Å². The molecule has 2 N–H and O–H groups in total. The number of hydrogen-bond donors (Lipinski definition) is 2. The minimum Gasteiger partial charge on any atom is -0.467 e. The lowest BCUT2D eigenvalue weighted by Crippen LogP contribution is -2.45. The molecule has 0 spiro atoms. The van der Waals surface area contributed by atoms with Crippen molar-refractivity contribution in [2.45, 2.75) is 12.1 Å². The summed E-state index contributed by atoms with van der Waals surface area (Å²) >= 11 is 1.44. The van der Waals surface area contributed by atoms with E-state index >= 15 is 0 Å². The number of methoxy groups -OCH3 is 1. The number of carbonyl (C=O) groups is 2. The first-order valence-electron chi connectivity index (χ1n) is 6.40. The molecule has 0 saturated heterocycles. The van der Waals surface area contributed by atoms with Crippen LogP contribution in [0.1, 0.15) is 11.7 Å². The van der Waals surface area contributed by atoms with Crippen molar-refractivity contribution in [2.75, 3.05) is 18.6 Å². The number of benzene rings is 1. The van der Waals surface area contributed by atoms with Crippen molar-refractivity contribution in [1.29, 1.82) is 0 Å². The van der Waals surface area contributed by atoms with Crippen LogP contribution in [0, 0.1) is 0 Å². The number of esters is 1. The molecule has 0 aliphatic carbocycles. The normalized spacial score (nSPS) is 13.0. The number of thioether (sulfide) groups is 1. The van der Waals surface area contributed by atoms with E-state index in [9.17, 15) is 14.7 Å². The fourth-order valence-corrected chi connectivity index (χ4v) is 2.38. The van der Waals surface area contributed by atoms with Crippen LogP contribution in [-0.4, -0.2) is 41.6 Å². The first kappa shape index (κ1) is 17.3. The molecule has 0 aliphatic rings. The van der Waals surface area contributed by atoms with Crippen molar-refractivity contribution in [3.05, 3.63) is 48.6 Å². The number of amides is 1. The molecule has 0 aliphatic heterocycles. The predicted octanol–water partition coefficient (Wildman–Crippen LogP) is 1.30. The number of nitrogens with one attached hydrogen (secondary N) is 1. The van der Waals surface area contributed by atoms with Crippen molar-refractivity contribution < 1.29 is 19.4 Å². The molecule has 1 rings (SSSR count). The molecule has 0 fully saturated rings. The molecule has 1 aromatic carbocycles. The van der Waals surface area contributed by atoms with E-state index in [-0.39, 0.29) is 0 Å². The summed E-state index contributed by atoms with van der Waals surface area (Å²) in [4.78, 5) is 23.7. The SMILES string of the molecule is C=CCSCC(NC(=O)C(O)c1ccccc1)C(=O)OC. The maximum Gasteiger partial charge on any atom is 0.329 e. The van der Waals surface area contributed by atoms with Gasteiger partial charge in [0, 0.05) is 11.5 Å². The van der Waals surface area contributed by atoms with Crippen LogP contribution in [0.25, 0.3) is 0 Å². The van der Waals surface area contributed by atoms with E-state index in [1.165, 1.54) is 18.9 Å². The Morgan fingerprint density at radius 2 is 2.10 bits per heavy atom. The van der Waals surface area contributed by atoms with Crippen LogP contribution in [-0.2, 0) is 14.3 Å². The van der Waals surface area contributed by atoms with Crippen molar-refractivity contribution in [3.63, 3.8) is 0 Å². The van der Waals surface area contributed by atoms with Crippen molar-refractivity contribution >= 4 is 23.6 Å². The van der Waals surface area contributed by atoms with E-state index in [0.717, 1.165) is 0 Å². The Balaban J connectivity index is 2.66. The summed E-state index contributed by atoms with van der Waals surface area (Å²) < 4.78 is 4.65. The van der Waals surface area contributed by atoms with Gasteiger partial charge in [-0.2, -0.15) is 11.8 Å². The summed E-state index contributed by atoms with van der Waals surface area (Å²) in [6, 6.07) is 7.73. The van der Waals surface area contributed by atoms with Gasteiger partial charge < -0.3 is 15.2 Å². The minimum atomic E-state index is -1.32. The highest BCUT2D eigenvalue weighted by Gasteiger charge is 2.25. The van der Waals surface area contributed by atoms with Crippen LogP contribution in [0.5, 0.6) is 0 Å². The molecule has 0 saturated carbocycles. The van der Waals surface area contributed by atoms with Gasteiger partial charge in [0.25, 0.3) is 5.91 Å². The third-order valence-corrected chi connectivity index (χ3v) is 3.73. The lowest BCUT2D eigenvalue weighted by molar-refractivity contribution is -0.145. The van der Waals surface area contributed by atoms with Gasteiger partial charge in [-0.25, -0.2) is 4.79 Å². The summed E-state index contributed by atoms with van der Waals surface area (Å²) in [6.07, 6.45) is 0.391. The fraction of sp³-hybridized carbons (Fsp3) is 0.333. The number of ether oxygens (including phenoxy) is 1. The lowest BCUT2D eigenvalue weighted by Gasteiger charge is -2.18. The minimum absolute atomic E-state index is 0.353. The summed E-state index contributed by atoms with van der Waals surface area (Å²) in [5, 5.41) is 12.5. The zero-order valence-corrected chi connectivity index (χ0v) is 12.6. The molecular formula is C15H19NO4S. The van der Waals surface area contributed by atoms with Crippen molar-refractivity contribution in [3.8, 4) is 0 Å². The maximum absolute atomic E-state index is 12.0. The first-order chi connectivity index (χ1) is 10.1. The lowest BCUT2D eigenvalue weighted by atomic mass is 10.1. The Bertz CT molecular complexity index is 478. The highest BCUT2D eigenvalue weighted by molar-refractivity contribution is 7.99. The molecule has 0 radical (unpaired) electrons. The second-order valence-electron chi connectivity index (χ2n) is 4.22. The van der Waals surface area contributed by atoms with E-state index in [1.54, 1.807) is 36.4 Å². The van der Waals surface area contributed by atoms with Crippen molar-refractivity contribution in [1.82, 2.24) is 5.32 Å². The van der Waals surface area contributed by atoms with Gasteiger partial charge in [-0.15, -0.1) is 6.58 Å². The zero-order valence-electron chi connectivity index (χ0n) is 11.8. The maximum atomic E-state index is 12.0. The first-order valence-corrected chi connectivity index (χ1v) is 7.55. The summed E-state index contributed by atoms with van der Waals surface area (Å²) in [5.74, 6) is -0.160. The topological polar surface area (TPSA) is 75.6 Å². The molecular weight excluding hydrogens is 290 g/mol. The zero-order chi connectivity index (χ0) is 15.7. The van der Waals surface area contributed by atoms with Gasteiger partial charge in [-0.05, 0) is 5.56 Å². The molecule has 1 amide bonds. The van der Waals surface area contributed by atoms with Gasteiger partial charge in [-0.3, -0.25) is 4.79 Å². The summed E-state index contributed by atoms with van der Waals surface area (Å²) in [6.45, 7) is 3.59. The van der Waals surface area contributed by atoms with Gasteiger partial charge in [0.1, 0.15) is 6.04 Å². The Kier molecular flexibility index (Phi) is 7.56. The summed E-state index contributed by atoms with van der Waals surface area (Å²) in [7, 11) is 1.26. The standard InChI is InChI=1S/C15H19NO4S/c1-3-9-21-10-12(15(19)20-2)16-14(18)13(17)11-7-5-4-6-8-11/h3-8,12-13,17H,1,9-10H2,2H3,(H,16,18). The third kappa shape index (κ3) is 5.61. The number of carbonyl (C=O) groups excluding carboxylic acids is 2. The quantitative estimate of drug-likeness (QED) is 0.430. The Hall–Kier alpha value is -1.79. The molecule has 6 heteroatoms. The smallest absolute Gasteiger partial charge is 0.329 e. The van der Waals surface area contributed by atoms with Gasteiger partial charge in [-0.1, -0.05) is 36.4 Å². The van der Waals surface area contributed by atoms with Gasteiger partial charge >= 0.3 is 5.97 Å². The van der Waals surface area contributed by atoms with Crippen molar-refractivity contribution in [2.24, 2.45) is 0 Å². The van der Waals surface area contributed by atoms with E-state index in [2.05, 4.69) is 16.6 Å². The second kappa shape index (κ2) is 9.20. The molecule has 2 unspecified atom stereocenters. The van der Waals surface area contributed by atoms with Gasteiger partial charge in [0.2, 0.25) is 0 Å². The number of rotatable bonds is 8. The highest BCUT2D eigenvalue weighted by atomic mass is 32.2. The Labute approximate surface area is 128 Å². The predicted molar refractivity (Wildman–Crippen MR) is 82.9 cm³/mol. The molecule has 1 aromatic rings. The monoisotopic (exact) mass is 309 g/mol. The van der Waals surface area contributed by atoms with E-state index in [0.29, 0.717) is 17.1 Å². The van der Waals surface area contributed by atoms with Crippen LogP contribution in [0.3, 0.4) is 0 Å². The average Bonchev–Trinajstić information content (AvgIpc) is 2.53. The Morgan fingerprint density at radius 3 is 2.67 bits per heavy atom. The Morgan fingerprint density at radius 1 is 1.43 bits per heavy atom. The molecule has 0 aromatic heterocycles. The highest BCUT2D eigenvalue weighted by Crippen LogP contribution is 2.13.